The van der Waals surface area contributed by atoms with Crippen molar-refractivity contribution in [3.05, 3.63) is 51.0 Å². The van der Waals surface area contributed by atoms with Crippen molar-refractivity contribution in [2.75, 3.05) is 18.4 Å². The van der Waals surface area contributed by atoms with Crippen LogP contribution in [-0.2, 0) is 6.54 Å². The number of rotatable bonds is 3. The molecule has 1 amide bonds. The van der Waals surface area contributed by atoms with Gasteiger partial charge < -0.3 is 14.8 Å². The van der Waals surface area contributed by atoms with Gasteiger partial charge in [-0.15, -0.1) is 11.3 Å². The molecule has 5 heterocycles. The number of anilines is 1. The van der Waals surface area contributed by atoms with Gasteiger partial charge in [-0.2, -0.15) is 0 Å². The van der Waals surface area contributed by atoms with Crippen molar-refractivity contribution in [2.45, 2.75) is 44.7 Å². The van der Waals surface area contributed by atoms with Crippen molar-refractivity contribution in [3.63, 3.8) is 0 Å². The minimum absolute atomic E-state index is 0.0663. The molecule has 3 aliphatic rings. The summed E-state index contributed by atoms with van der Waals surface area (Å²) in [4.78, 5) is 38.3. The number of pyridine rings is 1. The first kappa shape index (κ1) is 18.1. The molecule has 2 unspecified atom stereocenters. The molecular weight excluding hydrogens is 398 g/mol. The number of fused-ring (bicyclic) bond motifs is 5. The van der Waals surface area contributed by atoms with E-state index >= 15 is 0 Å². The van der Waals surface area contributed by atoms with E-state index in [4.69, 9.17) is 0 Å². The van der Waals surface area contributed by atoms with E-state index in [9.17, 15) is 9.59 Å². The van der Waals surface area contributed by atoms with Crippen LogP contribution in [0.3, 0.4) is 0 Å². The molecule has 30 heavy (non-hydrogen) atoms. The van der Waals surface area contributed by atoms with Gasteiger partial charge in [-0.3, -0.25) is 9.59 Å². The molecule has 2 bridgehead atoms. The number of nitrogens with one attached hydrogen (secondary N) is 1. The molecule has 1 N–H and O–H groups in total. The molecule has 2 fully saturated rings. The van der Waals surface area contributed by atoms with E-state index in [0.717, 1.165) is 38.6 Å². The highest BCUT2D eigenvalue weighted by Crippen LogP contribution is 2.39. The quantitative estimate of drug-likeness (QED) is 0.703. The largest absolute Gasteiger partial charge is 0.367 e. The standard InChI is InChI=1S/C22H23N5O2S/c1-12-18-20(25-15-5-6-15)23-11-24-21(18)30-19(12)22(29)26-8-13-7-14(10-26)16-3-2-4-17(28)27(16)9-13/h2-4,11,13-15H,5-10H2,1H3,(H,23,24,25). The Hall–Kier alpha value is -2.74. The van der Waals surface area contributed by atoms with Gasteiger partial charge in [0, 0.05) is 43.4 Å². The number of aromatic nitrogens is 3. The Balaban J connectivity index is 1.33. The molecular formula is C22H23N5O2S. The van der Waals surface area contributed by atoms with Gasteiger partial charge in [0.25, 0.3) is 11.5 Å². The smallest absolute Gasteiger partial charge is 0.264 e. The second-order valence-electron chi connectivity index (χ2n) is 8.79. The summed E-state index contributed by atoms with van der Waals surface area (Å²) in [7, 11) is 0. The maximum Gasteiger partial charge on any atom is 0.264 e. The summed E-state index contributed by atoms with van der Waals surface area (Å²) in [5.41, 5.74) is 2.10. The first-order chi connectivity index (χ1) is 14.6. The van der Waals surface area contributed by atoms with Crippen LogP contribution in [0.15, 0.2) is 29.3 Å². The van der Waals surface area contributed by atoms with Gasteiger partial charge in [0.1, 0.15) is 17.0 Å². The van der Waals surface area contributed by atoms with Crippen LogP contribution in [0.25, 0.3) is 10.2 Å². The molecule has 3 aromatic rings. The number of amides is 1. The molecule has 7 nitrogen and oxygen atoms in total. The molecule has 0 radical (unpaired) electrons. The Bertz CT molecular complexity index is 1230. The lowest BCUT2D eigenvalue weighted by Gasteiger charge is -2.42. The van der Waals surface area contributed by atoms with Gasteiger partial charge in [0.05, 0.1) is 10.3 Å². The molecule has 1 saturated heterocycles. The Labute approximate surface area is 177 Å². The fourth-order valence-corrected chi connectivity index (χ4v) is 6.13. The number of piperidine rings is 1. The number of likely N-dealkylation sites (tertiary alicyclic amines) is 1. The van der Waals surface area contributed by atoms with E-state index in [-0.39, 0.29) is 17.4 Å². The van der Waals surface area contributed by atoms with Crippen LogP contribution in [0.4, 0.5) is 5.82 Å². The lowest BCUT2D eigenvalue weighted by atomic mass is 9.83. The molecule has 1 aliphatic carbocycles. The number of nitrogens with zero attached hydrogens (tertiary/aromatic N) is 4. The summed E-state index contributed by atoms with van der Waals surface area (Å²) >= 11 is 1.47. The lowest BCUT2D eigenvalue weighted by molar-refractivity contribution is 0.0599. The predicted molar refractivity (Wildman–Crippen MR) is 116 cm³/mol. The third kappa shape index (κ3) is 2.85. The van der Waals surface area contributed by atoms with Gasteiger partial charge in [0.15, 0.2) is 0 Å². The van der Waals surface area contributed by atoms with E-state index in [0.29, 0.717) is 31.6 Å². The summed E-state index contributed by atoms with van der Waals surface area (Å²) in [6.07, 6.45) is 4.96. The number of carbonyl (C=O) groups is 1. The molecule has 2 aliphatic heterocycles. The third-order valence-corrected chi connectivity index (χ3v) is 7.79. The van der Waals surface area contributed by atoms with Gasteiger partial charge in [-0.1, -0.05) is 6.07 Å². The molecule has 1 saturated carbocycles. The van der Waals surface area contributed by atoms with E-state index in [1.165, 1.54) is 24.2 Å². The monoisotopic (exact) mass is 421 g/mol. The molecule has 6 rings (SSSR count). The van der Waals surface area contributed by atoms with E-state index in [1.54, 1.807) is 12.4 Å². The minimum atomic E-state index is 0.0663. The summed E-state index contributed by atoms with van der Waals surface area (Å²) in [6.45, 7) is 4.06. The molecule has 154 valence electrons. The summed E-state index contributed by atoms with van der Waals surface area (Å²) in [5, 5.41) is 4.46. The van der Waals surface area contributed by atoms with Gasteiger partial charge in [-0.25, -0.2) is 9.97 Å². The zero-order chi connectivity index (χ0) is 20.4. The number of thiophene rings is 1. The molecule has 2 atom stereocenters. The summed E-state index contributed by atoms with van der Waals surface area (Å²) < 4.78 is 1.90. The van der Waals surface area contributed by atoms with Gasteiger partial charge >= 0.3 is 0 Å². The van der Waals surface area contributed by atoms with Crippen molar-refractivity contribution >= 4 is 33.3 Å². The first-order valence-electron chi connectivity index (χ1n) is 10.6. The van der Waals surface area contributed by atoms with E-state index in [2.05, 4.69) is 15.3 Å². The zero-order valence-electron chi connectivity index (χ0n) is 16.8. The second kappa shape index (κ2) is 6.63. The van der Waals surface area contributed by atoms with Gasteiger partial charge in [0.2, 0.25) is 0 Å². The Morgan fingerprint density at radius 3 is 2.90 bits per heavy atom. The van der Waals surface area contributed by atoms with Crippen LogP contribution in [0, 0.1) is 12.8 Å². The van der Waals surface area contributed by atoms with E-state index in [1.807, 2.05) is 28.5 Å². The maximum atomic E-state index is 13.5. The molecule has 3 aromatic heterocycles. The number of aryl methyl sites for hydroxylation is 1. The van der Waals surface area contributed by atoms with Crippen LogP contribution in [-0.4, -0.2) is 44.5 Å². The Kier molecular flexibility index (Phi) is 3.99. The average Bonchev–Trinajstić information content (AvgIpc) is 3.49. The van der Waals surface area contributed by atoms with Crippen molar-refractivity contribution in [1.29, 1.82) is 0 Å². The minimum Gasteiger partial charge on any atom is -0.367 e. The molecule has 0 aromatic carbocycles. The van der Waals surface area contributed by atoms with Crippen LogP contribution in [0.1, 0.15) is 46.1 Å². The summed E-state index contributed by atoms with van der Waals surface area (Å²) in [5.74, 6) is 1.47. The van der Waals surface area contributed by atoms with Crippen LogP contribution < -0.4 is 10.9 Å². The van der Waals surface area contributed by atoms with Gasteiger partial charge in [-0.05, 0) is 43.7 Å². The molecule has 8 heteroatoms. The molecule has 0 spiro atoms. The van der Waals surface area contributed by atoms with Crippen molar-refractivity contribution in [2.24, 2.45) is 5.92 Å². The Morgan fingerprint density at radius 1 is 1.20 bits per heavy atom. The number of hydrogen-bond acceptors (Lipinski definition) is 6. The highest BCUT2D eigenvalue weighted by molar-refractivity contribution is 7.20. The van der Waals surface area contributed by atoms with Crippen molar-refractivity contribution < 1.29 is 4.79 Å². The zero-order valence-corrected chi connectivity index (χ0v) is 17.6. The van der Waals surface area contributed by atoms with Crippen molar-refractivity contribution in [1.82, 2.24) is 19.4 Å². The lowest BCUT2D eigenvalue weighted by Crippen LogP contribution is -2.49. The van der Waals surface area contributed by atoms with Crippen LogP contribution in [0.5, 0.6) is 0 Å². The second-order valence-corrected chi connectivity index (χ2v) is 9.78. The maximum absolute atomic E-state index is 13.5. The SMILES string of the molecule is Cc1c(C(=O)N2CC3CC(C2)c2cccc(=O)n2C3)sc2ncnc(NC3CC3)c12. The fourth-order valence-electron chi connectivity index (χ4n) is 5.01. The average molecular weight is 422 g/mol. The number of hydrogen-bond donors (Lipinski definition) is 1. The fraction of sp³-hybridized carbons (Fsp3) is 0.455. The summed E-state index contributed by atoms with van der Waals surface area (Å²) in [6, 6.07) is 5.99. The first-order valence-corrected chi connectivity index (χ1v) is 11.4. The topological polar surface area (TPSA) is 80.1 Å². The Morgan fingerprint density at radius 2 is 2.07 bits per heavy atom. The van der Waals surface area contributed by atoms with Crippen LogP contribution in [0.2, 0.25) is 0 Å². The highest BCUT2D eigenvalue weighted by Gasteiger charge is 2.37. The number of carbonyl (C=O) groups excluding carboxylic acids is 1. The predicted octanol–water partition coefficient (Wildman–Crippen LogP) is 3.00. The van der Waals surface area contributed by atoms with E-state index < -0.39 is 0 Å². The normalized spacial score (nSPS) is 22.8. The third-order valence-electron chi connectivity index (χ3n) is 6.61. The van der Waals surface area contributed by atoms with Crippen molar-refractivity contribution in [3.8, 4) is 0 Å². The highest BCUT2D eigenvalue weighted by atomic mass is 32.1. The van der Waals surface area contributed by atoms with Crippen LogP contribution >= 0.6 is 11.3 Å².